The fourth-order valence-electron chi connectivity index (χ4n) is 3.16. The highest BCUT2D eigenvalue weighted by molar-refractivity contribution is 6.00. The van der Waals surface area contributed by atoms with Crippen molar-refractivity contribution in [3.05, 3.63) is 47.8 Å². The first-order chi connectivity index (χ1) is 14.0. The van der Waals surface area contributed by atoms with Crippen LogP contribution in [0.3, 0.4) is 0 Å². The van der Waals surface area contributed by atoms with E-state index >= 15 is 0 Å². The van der Waals surface area contributed by atoms with Gasteiger partial charge in [0, 0.05) is 23.2 Å². The Bertz CT molecular complexity index is 1100. The third-order valence-electron chi connectivity index (χ3n) is 5.06. The van der Waals surface area contributed by atoms with Crippen LogP contribution in [0.25, 0.3) is 11.0 Å². The molecular weight excluding hydrogens is 376 g/mol. The minimum absolute atomic E-state index is 0.298. The van der Waals surface area contributed by atoms with Gasteiger partial charge in [0.15, 0.2) is 5.65 Å². The van der Waals surface area contributed by atoms with E-state index in [2.05, 4.69) is 15.4 Å². The standard InChI is InChI=1S/C20H20N4O5/c1-28-15-4-3-12(16(8-15)29-2)11-24-17-13(10-22-24)7-14(9-21-17)18(25)23-20(5-6-20)19(26)27/h3-4,7-10H,5-6,11H2,1-2H3,(H,23,25)(H,26,27). The van der Waals surface area contributed by atoms with Crippen molar-refractivity contribution in [2.75, 3.05) is 14.2 Å². The van der Waals surface area contributed by atoms with Gasteiger partial charge < -0.3 is 19.9 Å². The maximum atomic E-state index is 12.4. The van der Waals surface area contributed by atoms with Crippen molar-refractivity contribution in [2.45, 2.75) is 24.9 Å². The zero-order valence-corrected chi connectivity index (χ0v) is 16.0. The molecule has 2 N–H and O–H groups in total. The lowest BCUT2D eigenvalue weighted by molar-refractivity contribution is -0.140. The monoisotopic (exact) mass is 396 g/mol. The molecule has 2 heterocycles. The molecular formula is C20H20N4O5. The van der Waals surface area contributed by atoms with Crippen LogP contribution in [0.1, 0.15) is 28.8 Å². The third kappa shape index (κ3) is 3.46. The molecule has 1 aliphatic carbocycles. The number of hydrogen-bond donors (Lipinski definition) is 2. The molecule has 0 saturated heterocycles. The van der Waals surface area contributed by atoms with Gasteiger partial charge in [0.1, 0.15) is 17.0 Å². The van der Waals surface area contributed by atoms with Crippen LogP contribution in [-0.2, 0) is 11.3 Å². The minimum Gasteiger partial charge on any atom is -0.497 e. The number of carbonyl (C=O) groups is 2. The van der Waals surface area contributed by atoms with E-state index in [0.717, 1.165) is 5.56 Å². The molecule has 1 amide bonds. The van der Waals surface area contributed by atoms with Crippen molar-refractivity contribution in [3.63, 3.8) is 0 Å². The van der Waals surface area contributed by atoms with Crippen LogP contribution in [0.5, 0.6) is 11.5 Å². The first-order valence-corrected chi connectivity index (χ1v) is 9.04. The number of ether oxygens (including phenoxy) is 2. The molecule has 0 unspecified atom stereocenters. The first-order valence-electron chi connectivity index (χ1n) is 9.04. The lowest BCUT2D eigenvalue weighted by atomic mass is 10.2. The molecule has 0 radical (unpaired) electrons. The van der Waals surface area contributed by atoms with E-state index in [4.69, 9.17) is 9.47 Å². The summed E-state index contributed by atoms with van der Waals surface area (Å²) in [4.78, 5) is 28.1. The Labute approximate surface area is 166 Å². The molecule has 0 spiro atoms. The number of nitrogens with one attached hydrogen (secondary N) is 1. The summed E-state index contributed by atoms with van der Waals surface area (Å²) < 4.78 is 12.4. The predicted octanol–water partition coefficient (Wildman–Crippen LogP) is 1.84. The molecule has 29 heavy (non-hydrogen) atoms. The molecule has 150 valence electrons. The molecule has 4 rings (SSSR count). The molecule has 0 aliphatic heterocycles. The number of nitrogens with zero attached hydrogens (tertiary/aromatic N) is 3. The highest BCUT2D eigenvalue weighted by Crippen LogP contribution is 2.35. The number of benzene rings is 1. The second-order valence-corrected chi connectivity index (χ2v) is 6.96. The Morgan fingerprint density at radius 1 is 1.21 bits per heavy atom. The van der Waals surface area contributed by atoms with Gasteiger partial charge in [-0.05, 0) is 31.0 Å². The number of aliphatic carboxylic acids is 1. The first kappa shape index (κ1) is 18.7. The van der Waals surface area contributed by atoms with Gasteiger partial charge in [-0.2, -0.15) is 5.10 Å². The van der Waals surface area contributed by atoms with Crippen LogP contribution in [0.4, 0.5) is 0 Å². The summed E-state index contributed by atoms with van der Waals surface area (Å²) >= 11 is 0. The number of amides is 1. The summed E-state index contributed by atoms with van der Waals surface area (Å²) in [6.45, 7) is 0.428. The molecule has 2 aromatic heterocycles. The number of methoxy groups -OCH3 is 2. The van der Waals surface area contributed by atoms with E-state index in [1.54, 1.807) is 37.2 Å². The van der Waals surface area contributed by atoms with Crippen LogP contribution >= 0.6 is 0 Å². The van der Waals surface area contributed by atoms with E-state index in [9.17, 15) is 14.7 Å². The van der Waals surface area contributed by atoms with E-state index in [0.29, 0.717) is 47.5 Å². The number of rotatable bonds is 7. The molecule has 0 bridgehead atoms. The minimum atomic E-state index is -1.14. The molecule has 0 atom stereocenters. The van der Waals surface area contributed by atoms with Crippen molar-refractivity contribution in [1.29, 1.82) is 0 Å². The topological polar surface area (TPSA) is 116 Å². The van der Waals surface area contributed by atoms with Gasteiger partial charge in [-0.25, -0.2) is 14.5 Å². The van der Waals surface area contributed by atoms with Crippen LogP contribution in [-0.4, -0.2) is 51.5 Å². The van der Waals surface area contributed by atoms with Gasteiger partial charge in [0.2, 0.25) is 0 Å². The van der Waals surface area contributed by atoms with Gasteiger partial charge in [-0.15, -0.1) is 0 Å². The van der Waals surface area contributed by atoms with Gasteiger partial charge in [-0.1, -0.05) is 0 Å². The molecule has 3 aromatic rings. The largest absolute Gasteiger partial charge is 0.497 e. The lowest BCUT2D eigenvalue weighted by Crippen LogP contribution is -2.43. The summed E-state index contributed by atoms with van der Waals surface area (Å²) in [5, 5.41) is 16.9. The second kappa shape index (κ2) is 7.08. The van der Waals surface area contributed by atoms with E-state index in [1.807, 2.05) is 12.1 Å². The second-order valence-electron chi connectivity index (χ2n) is 6.96. The van der Waals surface area contributed by atoms with Crippen LogP contribution in [0.2, 0.25) is 0 Å². The summed E-state index contributed by atoms with van der Waals surface area (Å²) in [7, 11) is 3.18. The summed E-state index contributed by atoms with van der Waals surface area (Å²) in [5.41, 5.74) is 0.672. The fourth-order valence-corrected chi connectivity index (χ4v) is 3.16. The fraction of sp³-hybridized carbons (Fsp3) is 0.300. The number of carbonyl (C=O) groups excluding carboxylic acids is 1. The maximum Gasteiger partial charge on any atom is 0.329 e. The SMILES string of the molecule is COc1ccc(Cn2ncc3cc(C(=O)NC4(C(=O)O)CC4)cnc32)c(OC)c1. The summed E-state index contributed by atoms with van der Waals surface area (Å²) in [6.07, 6.45) is 3.93. The molecule has 1 aliphatic rings. The zero-order chi connectivity index (χ0) is 20.6. The van der Waals surface area contributed by atoms with Crippen molar-refractivity contribution in [1.82, 2.24) is 20.1 Å². The normalized spacial score (nSPS) is 14.4. The molecule has 1 saturated carbocycles. The maximum absolute atomic E-state index is 12.4. The van der Waals surface area contributed by atoms with Crippen molar-refractivity contribution < 1.29 is 24.2 Å². The summed E-state index contributed by atoms with van der Waals surface area (Å²) in [6, 6.07) is 7.20. The third-order valence-corrected chi connectivity index (χ3v) is 5.06. The van der Waals surface area contributed by atoms with Crippen LogP contribution in [0, 0.1) is 0 Å². The number of carboxylic acid groups (broad SMARTS) is 1. The molecule has 9 heteroatoms. The lowest BCUT2D eigenvalue weighted by Gasteiger charge is -2.12. The Morgan fingerprint density at radius 2 is 2.00 bits per heavy atom. The Hall–Kier alpha value is -3.62. The molecule has 1 aromatic carbocycles. The Kier molecular flexibility index (Phi) is 4.57. The average molecular weight is 396 g/mol. The van der Waals surface area contributed by atoms with Crippen molar-refractivity contribution >= 4 is 22.9 Å². The summed E-state index contributed by atoms with van der Waals surface area (Å²) in [5.74, 6) is -0.100. The van der Waals surface area contributed by atoms with Crippen LogP contribution in [0.15, 0.2) is 36.7 Å². The number of aromatic nitrogens is 3. The van der Waals surface area contributed by atoms with Gasteiger partial charge >= 0.3 is 5.97 Å². The Balaban J connectivity index is 1.57. The van der Waals surface area contributed by atoms with Gasteiger partial charge in [0.05, 0.1) is 32.5 Å². The van der Waals surface area contributed by atoms with Crippen molar-refractivity contribution in [2.24, 2.45) is 0 Å². The smallest absolute Gasteiger partial charge is 0.329 e. The van der Waals surface area contributed by atoms with Gasteiger partial charge in [0.25, 0.3) is 5.91 Å². The van der Waals surface area contributed by atoms with Crippen LogP contribution < -0.4 is 14.8 Å². The molecule has 9 nitrogen and oxygen atoms in total. The van der Waals surface area contributed by atoms with E-state index in [-0.39, 0.29) is 0 Å². The predicted molar refractivity (Wildman–Crippen MR) is 103 cm³/mol. The number of fused-ring (bicyclic) bond motifs is 1. The number of carboxylic acids is 1. The van der Waals surface area contributed by atoms with E-state index < -0.39 is 17.4 Å². The highest BCUT2D eigenvalue weighted by atomic mass is 16.5. The number of hydrogen-bond acceptors (Lipinski definition) is 6. The number of pyridine rings is 1. The zero-order valence-electron chi connectivity index (χ0n) is 16.0. The molecule has 1 fully saturated rings. The van der Waals surface area contributed by atoms with Crippen molar-refractivity contribution in [3.8, 4) is 11.5 Å². The quantitative estimate of drug-likeness (QED) is 0.626. The van der Waals surface area contributed by atoms with Gasteiger partial charge in [-0.3, -0.25) is 4.79 Å². The Morgan fingerprint density at radius 3 is 2.66 bits per heavy atom. The average Bonchev–Trinajstić information content (AvgIpc) is 3.41. The van der Waals surface area contributed by atoms with E-state index in [1.165, 1.54) is 6.20 Å². The highest BCUT2D eigenvalue weighted by Gasteiger charge is 2.51.